The molecular formula is C28H32F5N5O5. The van der Waals surface area contributed by atoms with Crippen molar-refractivity contribution in [3.8, 4) is 0 Å². The van der Waals surface area contributed by atoms with Crippen molar-refractivity contribution in [3.63, 3.8) is 0 Å². The highest BCUT2D eigenvalue weighted by Crippen LogP contribution is 2.42. The molecule has 3 aromatic rings. The Balaban J connectivity index is 1.46. The molecule has 5 rings (SSSR count). The van der Waals surface area contributed by atoms with E-state index >= 15 is 0 Å². The Morgan fingerprint density at radius 3 is 2.60 bits per heavy atom. The summed E-state index contributed by atoms with van der Waals surface area (Å²) in [5.74, 6) is -3.40. The van der Waals surface area contributed by atoms with E-state index in [0.717, 1.165) is 4.90 Å². The molecule has 1 aliphatic carbocycles. The molecule has 2 aliphatic rings. The molecule has 2 aromatic heterocycles. The smallest absolute Gasteiger partial charge is 0.410 e. The van der Waals surface area contributed by atoms with Crippen molar-refractivity contribution in [1.82, 2.24) is 25.7 Å². The molecule has 2 fully saturated rings. The number of fused-ring (bicyclic) bond motifs is 1. The fourth-order valence-electron chi connectivity index (χ4n) is 5.67. The van der Waals surface area contributed by atoms with Crippen LogP contribution in [0.5, 0.6) is 0 Å². The number of oxazole rings is 1. The number of carbonyl (C=O) groups is 2. The highest BCUT2D eigenvalue weighted by molar-refractivity contribution is 5.95. The first-order valence-electron chi connectivity index (χ1n) is 13.9. The van der Waals surface area contributed by atoms with Crippen molar-refractivity contribution in [2.45, 2.75) is 75.7 Å². The number of methoxy groups -OCH3 is 1. The summed E-state index contributed by atoms with van der Waals surface area (Å²) < 4.78 is 84.4. The Morgan fingerprint density at radius 2 is 1.98 bits per heavy atom. The Morgan fingerprint density at radius 1 is 1.26 bits per heavy atom. The van der Waals surface area contributed by atoms with Crippen molar-refractivity contribution >= 4 is 23.0 Å². The zero-order chi connectivity index (χ0) is 31.1. The van der Waals surface area contributed by atoms with E-state index in [1.54, 1.807) is 18.2 Å². The maximum atomic E-state index is 14.0. The second-order valence-corrected chi connectivity index (χ2v) is 11.3. The van der Waals surface area contributed by atoms with Gasteiger partial charge in [0, 0.05) is 25.9 Å². The Bertz CT molecular complexity index is 1460. The van der Waals surface area contributed by atoms with Crippen molar-refractivity contribution in [2.75, 3.05) is 20.3 Å². The van der Waals surface area contributed by atoms with Gasteiger partial charge in [0.2, 0.25) is 11.8 Å². The second-order valence-electron chi connectivity index (χ2n) is 11.3. The van der Waals surface area contributed by atoms with Crippen LogP contribution in [0, 0.1) is 5.92 Å². The van der Waals surface area contributed by atoms with Crippen LogP contribution in [0.1, 0.15) is 85.1 Å². The molecule has 1 aromatic carbocycles. The Hall–Kier alpha value is -3.75. The molecule has 0 radical (unpaired) electrons. The summed E-state index contributed by atoms with van der Waals surface area (Å²) in [7, 11) is 1.37. The topological polar surface area (TPSA) is 123 Å². The molecule has 1 saturated carbocycles. The number of alkyl halides is 5. The summed E-state index contributed by atoms with van der Waals surface area (Å²) in [5, 5.41) is 8.58. The van der Waals surface area contributed by atoms with E-state index in [-0.39, 0.29) is 49.7 Å². The average Bonchev–Trinajstić information content (AvgIpc) is 3.68. The molecule has 0 bridgehead atoms. The van der Waals surface area contributed by atoms with Gasteiger partial charge in [0.25, 0.3) is 5.91 Å². The lowest BCUT2D eigenvalue weighted by atomic mass is 9.81. The van der Waals surface area contributed by atoms with Gasteiger partial charge in [0.1, 0.15) is 23.2 Å². The Kier molecular flexibility index (Phi) is 8.38. The maximum Gasteiger partial charge on any atom is 0.410 e. The van der Waals surface area contributed by atoms with E-state index < -0.39 is 54.6 Å². The number of rotatable bonds is 9. The Labute approximate surface area is 243 Å². The molecule has 15 heteroatoms. The quantitative estimate of drug-likeness (QED) is 0.289. The van der Waals surface area contributed by atoms with E-state index in [1.807, 2.05) is 19.2 Å². The minimum absolute atomic E-state index is 0.0832. The van der Waals surface area contributed by atoms with E-state index in [2.05, 4.69) is 15.5 Å². The number of benzene rings is 1. The fourth-order valence-corrected chi connectivity index (χ4v) is 5.67. The van der Waals surface area contributed by atoms with Crippen LogP contribution in [0.3, 0.4) is 0 Å². The molecular weight excluding hydrogens is 581 g/mol. The van der Waals surface area contributed by atoms with Crippen molar-refractivity contribution in [3.05, 3.63) is 47.2 Å². The van der Waals surface area contributed by atoms with Gasteiger partial charge in [-0.05, 0) is 36.5 Å². The number of aromatic nitrogens is 2. The van der Waals surface area contributed by atoms with Gasteiger partial charge < -0.3 is 29.2 Å². The summed E-state index contributed by atoms with van der Waals surface area (Å²) >= 11 is 0. The number of nitrogens with zero attached hydrogens (tertiary/aromatic N) is 3. The molecule has 43 heavy (non-hydrogen) atoms. The first-order valence-corrected chi connectivity index (χ1v) is 13.9. The molecule has 3 heterocycles. The van der Waals surface area contributed by atoms with Gasteiger partial charge >= 0.3 is 12.2 Å². The molecule has 3 amide bonds. The van der Waals surface area contributed by atoms with Crippen LogP contribution in [0.2, 0.25) is 0 Å². The van der Waals surface area contributed by atoms with Crippen LogP contribution in [0.25, 0.3) is 11.1 Å². The predicted octanol–water partition coefficient (Wildman–Crippen LogP) is 5.88. The van der Waals surface area contributed by atoms with Gasteiger partial charge in [-0.3, -0.25) is 4.79 Å². The van der Waals surface area contributed by atoms with Gasteiger partial charge in [0.05, 0.1) is 25.4 Å². The van der Waals surface area contributed by atoms with Crippen LogP contribution < -0.4 is 10.6 Å². The van der Waals surface area contributed by atoms with Crippen molar-refractivity contribution in [1.29, 1.82) is 0 Å². The predicted molar refractivity (Wildman–Crippen MR) is 141 cm³/mol. The number of carbonyl (C=O) groups excluding carboxylic acids is 2. The monoisotopic (exact) mass is 613 g/mol. The molecule has 0 unspecified atom stereocenters. The van der Waals surface area contributed by atoms with Gasteiger partial charge in [-0.25, -0.2) is 18.6 Å². The van der Waals surface area contributed by atoms with E-state index in [9.17, 15) is 31.5 Å². The van der Waals surface area contributed by atoms with Crippen LogP contribution in [-0.4, -0.2) is 65.4 Å². The van der Waals surface area contributed by atoms with Gasteiger partial charge in [0.15, 0.2) is 11.3 Å². The first kappa shape index (κ1) is 30.7. The molecule has 0 spiro atoms. The number of nitrogens with one attached hydrogen (secondary N) is 2. The third-order valence-electron chi connectivity index (χ3n) is 8.00. The highest BCUT2D eigenvalue weighted by atomic mass is 19.4. The fraction of sp³-hybridized carbons (Fsp3) is 0.571. The van der Waals surface area contributed by atoms with Gasteiger partial charge in [-0.15, -0.1) is 0 Å². The van der Waals surface area contributed by atoms with Gasteiger partial charge in [-0.2, -0.15) is 13.2 Å². The number of hydrogen-bond acceptors (Lipinski definition) is 7. The van der Waals surface area contributed by atoms with Crippen LogP contribution in [0.4, 0.5) is 26.7 Å². The SMILES string of the molecule is COC[C@H](c1ccc2oc([C@@H](NC(=O)c3cnoc3C(C)C)C3CCC(F)(F)CC3)nc2c1)N1C[C@@H](C(F)(F)F)NC1=O. The third kappa shape index (κ3) is 6.45. The van der Waals surface area contributed by atoms with E-state index in [1.165, 1.54) is 13.3 Å². The van der Waals surface area contributed by atoms with Crippen molar-refractivity contribution < 1.29 is 45.2 Å². The number of halogens is 5. The number of ether oxygens (including phenoxy) is 1. The maximum absolute atomic E-state index is 14.0. The largest absolute Gasteiger partial charge is 0.438 e. The zero-order valence-corrected chi connectivity index (χ0v) is 23.7. The van der Waals surface area contributed by atoms with Crippen LogP contribution >= 0.6 is 0 Å². The lowest BCUT2D eigenvalue weighted by Crippen LogP contribution is -2.40. The minimum Gasteiger partial charge on any atom is -0.438 e. The first-order chi connectivity index (χ1) is 20.3. The molecule has 1 saturated heterocycles. The number of hydrogen-bond donors (Lipinski definition) is 2. The second kappa shape index (κ2) is 11.7. The summed E-state index contributed by atoms with van der Waals surface area (Å²) in [5.41, 5.74) is 1.29. The van der Waals surface area contributed by atoms with Crippen LogP contribution in [-0.2, 0) is 4.74 Å². The number of amides is 3. The summed E-state index contributed by atoms with van der Waals surface area (Å²) in [6.07, 6.45) is -3.80. The van der Waals surface area contributed by atoms with Crippen LogP contribution in [0.15, 0.2) is 33.3 Å². The van der Waals surface area contributed by atoms with Gasteiger partial charge in [-0.1, -0.05) is 25.1 Å². The molecule has 10 nitrogen and oxygen atoms in total. The summed E-state index contributed by atoms with van der Waals surface area (Å²) in [4.78, 5) is 31.4. The zero-order valence-electron chi connectivity index (χ0n) is 23.7. The molecule has 2 N–H and O–H groups in total. The van der Waals surface area contributed by atoms with E-state index in [0.29, 0.717) is 22.4 Å². The summed E-state index contributed by atoms with van der Waals surface area (Å²) in [6, 6.07) is 0.111. The summed E-state index contributed by atoms with van der Waals surface area (Å²) in [6.45, 7) is 2.99. The van der Waals surface area contributed by atoms with E-state index in [4.69, 9.17) is 13.7 Å². The van der Waals surface area contributed by atoms with Crippen molar-refractivity contribution in [2.24, 2.45) is 5.92 Å². The number of urea groups is 1. The third-order valence-corrected chi connectivity index (χ3v) is 8.00. The standard InChI is InChI=1S/C28H32F5N5O5/c1-14(2)23-17(11-34-43-23)24(39)37-22(15-6-8-27(29,30)9-7-15)25-35-18-10-16(4-5-20(18)42-25)19(13-41-3)38-12-21(28(31,32)33)36-26(38)40/h4-5,10-11,14-15,19,21-22H,6-9,12-13H2,1-3H3,(H,36,40)(H,37,39)/t19-,21+,22+/m1/s1. The molecule has 3 atom stereocenters. The normalized spacial score (nSPS) is 20.9. The molecule has 234 valence electrons. The average molecular weight is 614 g/mol. The lowest BCUT2D eigenvalue weighted by molar-refractivity contribution is -0.150. The highest BCUT2D eigenvalue weighted by Gasteiger charge is 2.48. The minimum atomic E-state index is -4.61. The molecule has 1 aliphatic heterocycles. The lowest BCUT2D eigenvalue weighted by Gasteiger charge is -2.32.